The molecule has 1 fully saturated rings. The normalized spacial score (nSPS) is 15.8. The maximum Gasteiger partial charge on any atom is 0.276 e. The van der Waals surface area contributed by atoms with Crippen LogP contribution in [0.15, 0.2) is 64.6 Å². The van der Waals surface area contributed by atoms with E-state index in [4.69, 9.17) is 0 Å². The molecular formula is C22H25N5O5S. The van der Waals surface area contributed by atoms with Crippen LogP contribution < -0.4 is 5.43 Å². The third-order valence-corrected chi connectivity index (χ3v) is 7.03. The summed E-state index contributed by atoms with van der Waals surface area (Å²) in [6.45, 7) is 3.44. The number of nitrogens with zero attached hydrogens (tertiary/aromatic N) is 4. The Bertz CT molecular complexity index is 1150. The number of nitro groups is 1. The van der Waals surface area contributed by atoms with Crippen molar-refractivity contribution in [3.05, 3.63) is 75.8 Å². The molecule has 11 heteroatoms. The highest BCUT2D eigenvalue weighted by Crippen LogP contribution is 2.19. The van der Waals surface area contributed by atoms with Crippen LogP contribution in [0.5, 0.6) is 0 Å². The summed E-state index contributed by atoms with van der Waals surface area (Å²) in [6, 6.07) is 13.0. The Balaban J connectivity index is 1.45. The van der Waals surface area contributed by atoms with Crippen molar-refractivity contribution in [1.82, 2.24) is 14.6 Å². The first-order chi connectivity index (χ1) is 15.8. The number of benzene rings is 2. The fourth-order valence-electron chi connectivity index (χ4n) is 3.32. The average Bonchev–Trinajstić information content (AvgIpc) is 2.79. The van der Waals surface area contributed by atoms with Crippen LogP contribution in [0, 0.1) is 17.0 Å². The molecule has 1 saturated heterocycles. The minimum atomic E-state index is -3.55. The van der Waals surface area contributed by atoms with Crippen molar-refractivity contribution in [2.75, 3.05) is 32.7 Å². The molecule has 2 aromatic carbocycles. The van der Waals surface area contributed by atoms with Gasteiger partial charge in [-0.3, -0.25) is 19.8 Å². The molecule has 0 aromatic heterocycles. The molecule has 3 rings (SSSR count). The van der Waals surface area contributed by atoms with Crippen LogP contribution in [0.3, 0.4) is 0 Å². The highest BCUT2D eigenvalue weighted by atomic mass is 32.2. The number of carbonyl (C=O) groups is 1. The highest BCUT2D eigenvalue weighted by Gasteiger charge is 2.28. The quantitative estimate of drug-likeness (QED) is 0.357. The number of carbonyl (C=O) groups excluding carboxylic acids is 1. The number of piperazine rings is 1. The second-order valence-corrected chi connectivity index (χ2v) is 9.42. The molecule has 0 radical (unpaired) electrons. The second-order valence-electron chi connectivity index (χ2n) is 7.48. The molecule has 1 N–H and O–H groups in total. The third kappa shape index (κ3) is 6.54. The number of sulfonamides is 1. The lowest BCUT2D eigenvalue weighted by atomic mass is 10.2. The lowest BCUT2D eigenvalue weighted by molar-refractivity contribution is -0.385. The number of allylic oxidation sites excluding steroid dienone is 1. The van der Waals surface area contributed by atoms with Gasteiger partial charge in [-0.1, -0.05) is 29.8 Å². The van der Waals surface area contributed by atoms with E-state index in [9.17, 15) is 23.3 Å². The summed E-state index contributed by atoms with van der Waals surface area (Å²) in [5.74, 6) is -0.333. The van der Waals surface area contributed by atoms with Gasteiger partial charge in [0.2, 0.25) is 10.0 Å². The summed E-state index contributed by atoms with van der Waals surface area (Å²) in [4.78, 5) is 24.8. The van der Waals surface area contributed by atoms with E-state index < -0.39 is 14.9 Å². The zero-order valence-electron chi connectivity index (χ0n) is 18.1. The number of nitrogens with one attached hydrogen (secondary N) is 1. The Morgan fingerprint density at radius 3 is 2.45 bits per heavy atom. The van der Waals surface area contributed by atoms with Crippen molar-refractivity contribution < 1.29 is 18.1 Å². The number of hydrazone groups is 1. The molecule has 33 heavy (non-hydrogen) atoms. The van der Waals surface area contributed by atoms with Crippen LogP contribution in [0.25, 0.3) is 6.08 Å². The summed E-state index contributed by atoms with van der Waals surface area (Å²) in [6.07, 6.45) is 4.36. The Hall–Kier alpha value is -3.41. The van der Waals surface area contributed by atoms with Gasteiger partial charge >= 0.3 is 0 Å². The first-order valence-corrected chi connectivity index (χ1v) is 11.7. The van der Waals surface area contributed by atoms with Gasteiger partial charge in [-0.25, -0.2) is 13.8 Å². The zero-order valence-corrected chi connectivity index (χ0v) is 18.9. The van der Waals surface area contributed by atoms with E-state index in [0.717, 1.165) is 5.56 Å². The van der Waals surface area contributed by atoms with E-state index in [1.165, 1.54) is 28.7 Å². The van der Waals surface area contributed by atoms with Crippen molar-refractivity contribution in [3.63, 3.8) is 0 Å². The molecule has 1 heterocycles. The Morgan fingerprint density at radius 1 is 1.12 bits per heavy atom. The molecule has 0 saturated carbocycles. The van der Waals surface area contributed by atoms with Gasteiger partial charge < -0.3 is 0 Å². The predicted molar refractivity (Wildman–Crippen MR) is 125 cm³/mol. The van der Waals surface area contributed by atoms with Crippen molar-refractivity contribution in [2.45, 2.75) is 11.8 Å². The number of hydrogen-bond donors (Lipinski definition) is 1. The fourth-order valence-corrected chi connectivity index (χ4v) is 4.74. The van der Waals surface area contributed by atoms with Crippen molar-refractivity contribution >= 4 is 33.9 Å². The molecule has 0 unspecified atom stereocenters. The van der Waals surface area contributed by atoms with Crippen molar-refractivity contribution in [3.8, 4) is 0 Å². The number of hydrogen-bond acceptors (Lipinski definition) is 7. The smallest absolute Gasteiger partial charge is 0.276 e. The van der Waals surface area contributed by atoms with Crippen LogP contribution in [-0.4, -0.2) is 67.4 Å². The summed E-state index contributed by atoms with van der Waals surface area (Å²) in [7, 11) is -3.55. The standard InChI is InChI=1S/C22H25N5O5S/c1-18-8-10-20(11-9-18)33(31,32)26-15-13-25(14-16-26)17-22(28)24-23-12-4-6-19-5-2-3-7-21(19)27(29)30/h2-12H,13-17H2,1H3,(H,24,28)/b6-4-,23-12-. The maximum atomic E-state index is 12.8. The van der Waals surface area contributed by atoms with Gasteiger partial charge in [0.15, 0.2) is 0 Å². The van der Waals surface area contributed by atoms with Gasteiger partial charge in [0.05, 0.1) is 21.9 Å². The molecule has 1 aliphatic heterocycles. The first kappa shape index (κ1) is 24.2. The van der Waals surface area contributed by atoms with E-state index in [0.29, 0.717) is 31.7 Å². The summed E-state index contributed by atoms with van der Waals surface area (Å²) in [5, 5.41) is 14.8. The van der Waals surface area contributed by atoms with Crippen molar-refractivity contribution in [1.29, 1.82) is 0 Å². The van der Waals surface area contributed by atoms with Gasteiger partial charge in [-0.15, -0.1) is 0 Å². The second kappa shape index (κ2) is 10.9. The van der Waals surface area contributed by atoms with Gasteiger partial charge in [-0.05, 0) is 37.3 Å². The van der Waals surface area contributed by atoms with Gasteiger partial charge in [0.1, 0.15) is 0 Å². The molecule has 1 amide bonds. The number of para-hydroxylation sites is 1. The van der Waals surface area contributed by atoms with Gasteiger partial charge in [-0.2, -0.15) is 9.41 Å². The van der Waals surface area contributed by atoms with Crippen LogP contribution in [0.2, 0.25) is 0 Å². The zero-order chi connectivity index (χ0) is 23.8. The van der Waals surface area contributed by atoms with Crippen LogP contribution >= 0.6 is 0 Å². The molecule has 174 valence electrons. The van der Waals surface area contributed by atoms with Crippen LogP contribution in [0.4, 0.5) is 5.69 Å². The first-order valence-electron chi connectivity index (χ1n) is 10.3. The maximum absolute atomic E-state index is 12.8. The Morgan fingerprint density at radius 2 is 1.79 bits per heavy atom. The summed E-state index contributed by atoms with van der Waals surface area (Å²) >= 11 is 0. The minimum absolute atomic E-state index is 0.0188. The largest absolute Gasteiger partial charge is 0.292 e. The van der Waals surface area contributed by atoms with E-state index in [1.54, 1.807) is 42.5 Å². The number of rotatable bonds is 8. The lowest BCUT2D eigenvalue weighted by Crippen LogP contribution is -2.50. The third-order valence-electron chi connectivity index (χ3n) is 5.12. The van der Waals surface area contributed by atoms with Crippen molar-refractivity contribution in [2.24, 2.45) is 5.10 Å². The lowest BCUT2D eigenvalue weighted by Gasteiger charge is -2.33. The summed E-state index contributed by atoms with van der Waals surface area (Å²) < 4.78 is 26.9. The monoisotopic (exact) mass is 471 g/mol. The van der Waals surface area contributed by atoms with Gasteiger partial charge in [0, 0.05) is 38.5 Å². The van der Waals surface area contributed by atoms with Crippen LogP contribution in [0.1, 0.15) is 11.1 Å². The van der Waals surface area contributed by atoms with E-state index in [-0.39, 0.29) is 23.0 Å². The SMILES string of the molecule is Cc1ccc(S(=O)(=O)N2CCN(CC(=O)N/N=C\C=C/c3ccccc3[N+](=O)[O-])CC2)cc1. The van der Waals surface area contributed by atoms with E-state index in [2.05, 4.69) is 10.5 Å². The fraction of sp³-hybridized carbons (Fsp3) is 0.273. The molecule has 0 atom stereocenters. The molecule has 1 aliphatic rings. The number of amides is 1. The number of nitro benzene ring substituents is 1. The average molecular weight is 472 g/mol. The van der Waals surface area contributed by atoms with E-state index >= 15 is 0 Å². The molecule has 0 aliphatic carbocycles. The minimum Gasteiger partial charge on any atom is -0.292 e. The summed E-state index contributed by atoms with van der Waals surface area (Å²) in [5.41, 5.74) is 3.80. The van der Waals surface area contributed by atoms with Gasteiger partial charge in [0.25, 0.3) is 11.6 Å². The number of aryl methyl sites for hydroxylation is 1. The molecule has 2 aromatic rings. The molecular weight excluding hydrogens is 446 g/mol. The molecule has 10 nitrogen and oxygen atoms in total. The molecule has 0 bridgehead atoms. The van der Waals surface area contributed by atoms with E-state index in [1.807, 2.05) is 11.8 Å². The molecule has 0 spiro atoms. The van der Waals surface area contributed by atoms with Crippen LogP contribution in [-0.2, 0) is 14.8 Å². The topological polar surface area (TPSA) is 125 Å². The predicted octanol–water partition coefficient (Wildman–Crippen LogP) is 2.02. The highest BCUT2D eigenvalue weighted by molar-refractivity contribution is 7.89. The Labute approximate surface area is 192 Å². The Kier molecular flexibility index (Phi) is 8.04.